The average molecular weight is 329 g/mol. The monoisotopic (exact) mass is 329 g/mol. The molecule has 1 heterocycles. The zero-order valence-electron chi connectivity index (χ0n) is 13.5. The summed E-state index contributed by atoms with van der Waals surface area (Å²) in [6.07, 6.45) is 1.07. The van der Waals surface area contributed by atoms with E-state index in [4.69, 9.17) is 0 Å². The van der Waals surface area contributed by atoms with Crippen LogP contribution >= 0.6 is 0 Å². The third-order valence-electron chi connectivity index (χ3n) is 4.36. The van der Waals surface area contributed by atoms with E-state index >= 15 is 0 Å². The molecule has 0 bridgehead atoms. The smallest absolute Gasteiger partial charge is 0.268 e. The Balaban J connectivity index is 2.28. The van der Waals surface area contributed by atoms with E-state index in [2.05, 4.69) is 0 Å². The number of hydrogen-bond donors (Lipinski definition) is 0. The van der Waals surface area contributed by atoms with Crippen molar-refractivity contribution in [3.05, 3.63) is 64.7 Å². The number of nitrogens with zero attached hydrogens (tertiary/aromatic N) is 1. The van der Waals surface area contributed by atoms with Crippen molar-refractivity contribution in [1.29, 1.82) is 0 Å². The van der Waals surface area contributed by atoms with Crippen LogP contribution in [0.15, 0.2) is 42.5 Å². The second kappa shape index (κ2) is 5.82. The second-order valence-corrected chi connectivity index (χ2v) is 5.70. The Morgan fingerprint density at radius 2 is 1.50 bits per heavy atom. The molecule has 1 aliphatic rings. The van der Waals surface area contributed by atoms with Crippen molar-refractivity contribution in [3.8, 4) is 0 Å². The van der Waals surface area contributed by atoms with E-state index in [1.165, 1.54) is 18.2 Å². The molecule has 2 aromatic carbocycles. The molecule has 5 heteroatoms. The molecule has 1 aliphatic heterocycles. The molecule has 3 nitrogen and oxygen atoms in total. The lowest BCUT2D eigenvalue weighted by molar-refractivity contribution is -0.143. The molecule has 0 fully saturated rings. The molecule has 0 unspecified atom stereocenters. The minimum atomic E-state index is -3.73. The van der Waals surface area contributed by atoms with Crippen molar-refractivity contribution >= 4 is 17.5 Å². The summed E-state index contributed by atoms with van der Waals surface area (Å²) in [4.78, 5) is 26.0. The van der Waals surface area contributed by atoms with Crippen LogP contribution in [0.4, 0.5) is 14.5 Å². The summed E-state index contributed by atoms with van der Waals surface area (Å²) < 4.78 is 29.3. The van der Waals surface area contributed by atoms with Crippen LogP contribution in [-0.4, -0.2) is 11.8 Å². The summed E-state index contributed by atoms with van der Waals surface area (Å²) in [5.74, 6) is -5.91. The van der Waals surface area contributed by atoms with Gasteiger partial charge in [-0.1, -0.05) is 50.2 Å². The van der Waals surface area contributed by atoms with E-state index in [0.717, 1.165) is 6.07 Å². The predicted molar refractivity (Wildman–Crippen MR) is 87.4 cm³/mol. The van der Waals surface area contributed by atoms with Crippen molar-refractivity contribution in [2.24, 2.45) is 0 Å². The third kappa shape index (κ3) is 2.23. The van der Waals surface area contributed by atoms with E-state index in [1.54, 1.807) is 12.1 Å². The van der Waals surface area contributed by atoms with E-state index < -0.39 is 23.3 Å². The number of fused-ring (bicyclic) bond motifs is 1. The maximum absolute atomic E-state index is 14.6. The third-order valence-corrected chi connectivity index (χ3v) is 4.36. The minimum absolute atomic E-state index is 0.130. The number of rotatable bonds is 3. The lowest BCUT2D eigenvalue weighted by Gasteiger charge is -2.34. The van der Waals surface area contributed by atoms with Gasteiger partial charge in [0.05, 0.1) is 11.3 Å². The molecule has 0 spiro atoms. The molecule has 0 saturated heterocycles. The SMILES string of the molecule is CCc1cccc(CC)c1N1C(=O)c2ccccc2C(F)(F)C1=O. The normalized spacial score (nSPS) is 16.2. The van der Waals surface area contributed by atoms with Gasteiger partial charge < -0.3 is 0 Å². The molecular weight excluding hydrogens is 312 g/mol. The lowest BCUT2D eigenvalue weighted by atomic mass is 9.92. The molecule has 0 aromatic heterocycles. The van der Waals surface area contributed by atoms with Crippen molar-refractivity contribution in [2.75, 3.05) is 4.90 Å². The van der Waals surface area contributed by atoms with Crippen molar-refractivity contribution in [3.63, 3.8) is 0 Å². The summed E-state index contributed by atoms with van der Waals surface area (Å²) in [6.45, 7) is 3.73. The molecule has 3 rings (SSSR count). The quantitative estimate of drug-likeness (QED) is 0.795. The highest BCUT2D eigenvalue weighted by molar-refractivity contribution is 6.27. The molecule has 2 amide bonds. The topological polar surface area (TPSA) is 37.4 Å². The summed E-state index contributed by atoms with van der Waals surface area (Å²) in [5, 5.41) is 0. The van der Waals surface area contributed by atoms with Crippen LogP contribution in [0.3, 0.4) is 0 Å². The van der Waals surface area contributed by atoms with E-state index in [0.29, 0.717) is 34.6 Å². The van der Waals surface area contributed by atoms with Crippen molar-refractivity contribution < 1.29 is 18.4 Å². The Kier molecular flexibility index (Phi) is 3.95. The number of anilines is 1. The zero-order chi connectivity index (χ0) is 17.5. The fourth-order valence-corrected chi connectivity index (χ4v) is 3.12. The number of imide groups is 1. The Morgan fingerprint density at radius 3 is 2.08 bits per heavy atom. The van der Waals surface area contributed by atoms with Crippen LogP contribution in [0, 0.1) is 0 Å². The number of para-hydroxylation sites is 1. The number of carbonyl (C=O) groups is 2. The number of carbonyl (C=O) groups excluding carboxylic acids is 2. The summed E-state index contributed by atoms with van der Waals surface area (Å²) in [5.41, 5.74) is 1.04. The summed E-state index contributed by atoms with van der Waals surface area (Å²) >= 11 is 0. The molecule has 24 heavy (non-hydrogen) atoms. The largest absolute Gasteiger partial charge is 0.351 e. The maximum Gasteiger partial charge on any atom is 0.351 e. The fourth-order valence-electron chi connectivity index (χ4n) is 3.12. The molecule has 0 atom stereocenters. The van der Waals surface area contributed by atoms with Crippen molar-refractivity contribution in [2.45, 2.75) is 32.6 Å². The fraction of sp³-hybridized carbons (Fsp3) is 0.263. The molecular formula is C19H17F2NO2. The van der Waals surface area contributed by atoms with Gasteiger partial charge in [0, 0.05) is 5.56 Å². The highest BCUT2D eigenvalue weighted by atomic mass is 19.3. The zero-order valence-corrected chi connectivity index (χ0v) is 13.5. The first-order valence-electron chi connectivity index (χ1n) is 7.90. The lowest BCUT2D eigenvalue weighted by Crippen LogP contribution is -2.51. The molecule has 0 N–H and O–H groups in total. The van der Waals surface area contributed by atoms with Gasteiger partial charge in [0.2, 0.25) is 0 Å². The number of aryl methyl sites for hydroxylation is 2. The van der Waals surface area contributed by atoms with Crippen LogP contribution in [0.25, 0.3) is 0 Å². The number of halogens is 2. The van der Waals surface area contributed by atoms with Crippen LogP contribution in [-0.2, 0) is 23.6 Å². The Labute approximate surface area is 138 Å². The summed E-state index contributed by atoms with van der Waals surface area (Å²) in [7, 11) is 0. The van der Waals surface area contributed by atoms with Crippen LogP contribution in [0.5, 0.6) is 0 Å². The second-order valence-electron chi connectivity index (χ2n) is 5.70. The Bertz CT molecular complexity index is 808. The van der Waals surface area contributed by atoms with E-state index in [1.807, 2.05) is 19.9 Å². The Morgan fingerprint density at radius 1 is 0.917 bits per heavy atom. The van der Waals surface area contributed by atoms with Crippen molar-refractivity contribution in [1.82, 2.24) is 0 Å². The van der Waals surface area contributed by atoms with Gasteiger partial charge in [-0.3, -0.25) is 9.59 Å². The summed E-state index contributed by atoms with van der Waals surface area (Å²) in [6, 6.07) is 10.7. The number of alkyl halides is 2. The van der Waals surface area contributed by atoms with Crippen LogP contribution in [0.2, 0.25) is 0 Å². The minimum Gasteiger partial charge on any atom is -0.268 e. The van der Waals surface area contributed by atoms with E-state index in [9.17, 15) is 18.4 Å². The van der Waals surface area contributed by atoms with Gasteiger partial charge in [-0.15, -0.1) is 0 Å². The average Bonchev–Trinajstić information content (AvgIpc) is 2.60. The number of hydrogen-bond acceptors (Lipinski definition) is 2. The highest BCUT2D eigenvalue weighted by Gasteiger charge is 2.53. The van der Waals surface area contributed by atoms with Gasteiger partial charge in [0.25, 0.3) is 5.91 Å². The molecule has 124 valence electrons. The van der Waals surface area contributed by atoms with Gasteiger partial charge in [0.1, 0.15) is 0 Å². The van der Waals surface area contributed by atoms with Gasteiger partial charge in [-0.05, 0) is 30.0 Å². The van der Waals surface area contributed by atoms with Gasteiger partial charge in [-0.2, -0.15) is 8.78 Å². The Hall–Kier alpha value is -2.56. The number of amides is 2. The van der Waals surface area contributed by atoms with Gasteiger partial charge >= 0.3 is 11.8 Å². The van der Waals surface area contributed by atoms with Gasteiger partial charge in [-0.25, -0.2) is 4.90 Å². The standard InChI is InChI=1S/C19H17F2NO2/c1-3-12-8-7-9-13(4-2)16(12)22-17(23)14-10-5-6-11-15(14)19(20,21)18(22)24/h5-11H,3-4H2,1-2H3. The first-order chi connectivity index (χ1) is 11.4. The molecule has 0 radical (unpaired) electrons. The number of benzene rings is 2. The van der Waals surface area contributed by atoms with Crippen LogP contribution < -0.4 is 4.90 Å². The maximum atomic E-state index is 14.6. The van der Waals surface area contributed by atoms with Gasteiger partial charge in [0.15, 0.2) is 0 Å². The highest BCUT2D eigenvalue weighted by Crippen LogP contribution is 2.41. The molecule has 0 aliphatic carbocycles. The molecule has 0 saturated carbocycles. The predicted octanol–water partition coefficient (Wildman–Crippen LogP) is 4.09. The first-order valence-corrected chi connectivity index (χ1v) is 7.90. The first kappa shape index (κ1) is 16.3. The molecule has 2 aromatic rings. The van der Waals surface area contributed by atoms with Crippen LogP contribution in [0.1, 0.15) is 40.9 Å². The van der Waals surface area contributed by atoms with E-state index in [-0.39, 0.29) is 5.56 Å².